The van der Waals surface area contributed by atoms with Crippen LogP contribution in [0, 0.1) is 6.92 Å². The number of anilines is 3. The zero-order valence-electron chi connectivity index (χ0n) is 14.3. The molecule has 0 atom stereocenters. The first-order valence-corrected chi connectivity index (χ1v) is 8.63. The van der Waals surface area contributed by atoms with Gasteiger partial charge in [-0.1, -0.05) is 22.0 Å². The van der Waals surface area contributed by atoms with Crippen LogP contribution in [-0.2, 0) is 4.74 Å². The third-order valence-electron chi connectivity index (χ3n) is 4.06. The summed E-state index contributed by atoms with van der Waals surface area (Å²) in [6.07, 6.45) is 0. The highest BCUT2D eigenvalue weighted by Crippen LogP contribution is 2.30. The molecule has 142 valence electrons. The Morgan fingerprint density at radius 2 is 1.85 bits per heavy atom. The smallest absolute Gasteiger partial charge is 0.256 e. The molecular weight excluding hydrogens is 441 g/mol. The lowest BCUT2D eigenvalue weighted by Crippen LogP contribution is -2.36. The third-order valence-corrected chi connectivity index (χ3v) is 4.56. The highest BCUT2D eigenvalue weighted by Gasteiger charge is 2.18. The molecule has 0 bridgehead atoms. The minimum atomic E-state index is -0.160. The lowest BCUT2D eigenvalue weighted by atomic mass is 10.1. The van der Waals surface area contributed by atoms with Crippen molar-refractivity contribution in [2.45, 2.75) is 6.92 Å². The first-order valence-electron chi connectivity index (χ1n) is 7.84. The summed E-state index contributed by atoms with van der Waals surface area (Å²) < 4.78 is 6.33. The second-order valence-electron chi connectivity index (χ2n) is 5.79. The molecule has 26 heavy (non-hydrogen) atoms. The number of amides is 1. The Hall–Kier alpha value is -1.47. The van der Waals surface area contributed by atoms with Crippen molar-refractivity contribution < 1.29 is 9.53 Å². The molecule has 1 saturated heterocycles. The molecule has 2 aromatic rings. The molecule has 0 radical (unpaired) electrons. The molecule has 0 aliphatic carbocycles. The summed E-state index contributed by atoms with van der Waals surface area (Å²) in [5.74, 6) is -0.160. The first kappa shape index (κ1) is 22.6. The molecule has 1 fully saturated rings. The number of hydrogen-bond acceptors (Lipinski definition) is 4. The zero-order valence-corrected chi connectivity index (χ0v) is 17.5. The van der Waals surface area contributed by atoms with Gasteiger partial charge in [-0.15, -0.1) is 24.8 Å². The van der Waals surface area contributed by atoms with Crippen LogP contribution >= 0.6 is 40.7 Å². The Bertz CT molecular complexity index is 768. The average Bonchev–Trinajstić information content (AvgIpc) is 2.58. The first-order chi connectivity index (χ1) is 11.5. The number of nitrogens with two attached hydrogens (primary N) is 1. The van der Waals surface area contributed by atoms with Crippen LogP contribution in [0.25, 0.3) is 0 Å². The van der Waals surface area contributed by atoms with E-state index in [-0.39, 0.29) is 30.7 Å². The van der Waals surface area contributed by atoms with Crippen molar-refractivity contribution in [1.82, 2.24) is 0 Å². The Labute approximate surface area is 174 Å². The molecule has 2 aromatic carbocycles. The van der Waals surface area contributed by atoms with Gasteiger partial charge in [0, 0.05) is 28.8 Å². The zero-order chi connectivity index (χ0) is 17.1. The number of benzene rings is 2. The largest absolute Gasteiger partial charge is 0.399 e. The molecule has 0 saturated carbocycles. The van der Waals surface area contributed by atoms with Gasteiger partial charge in [-0.25, -0.2) is 0 Å². The number of hydrogen-bond donors (Lipinski definition) is 2. The monoisotopic (exact) mass is 461 g/mol. The van der Waals surface area contributed by atoms with Gasteiger partial charge in [-0.3, -0.25) is 4.79 Å². The molecule has 3 N–H and O–H groups in total. The Balaban J connectivity index is 0.00000169. The van der Waals surface area contributed by atoms with Gasteiger partial charge in [0.05, 0.1) is 24.6 Å². The number of carbonyl (C=O) groups is 1. The molecule has 1 amide bonds. The number of aryl methyl sites for hydroxylation is 1. The Morgan fingerprint density at radius 3 is 2.54 bits per heavy atom. The summed E-state index contributed by atoms with van der Waals surface area (Å²) in [6.45, 7) is 4.90. The molecule has 3 rings (SSSR count). The van der Waals surface area contributed by atoms with Crippen LogP contribution in [0.15, 0.2) is 40.9 Å². The van der Waals surface area contributed by atoms with Crippen molar-refractivity contribution in [2.24, 2.45) is 0 Å². The summed E-state index contributed by atoms with van der Waals surface area (Å²) in [5.41, 5.74) is 9.65. The van der Waals surface area contributed by atoms with Gasteiger partial charge in [0.2, 0.25) is 0 Å². The maximum atomic E-state index is 12.7. The van der Waals surface area contributed by atoms with E-state index < -0.39 is 0 Å². The molecule has 0 spiro atoms. The van der Waals surface area contributed by atoms with Gasteiger partial charge >= 0.3 is 0 Å². The quantitative estimate of drug-likeness (QED) is 0.668. The number of halogens is 3. The van der Waals surface area contributed by atoms with Gasteiger partial charge in [-0.05, 0) is 42.8 Å². The van der Waals surface area contributed by atoms with Crippen molar-refractivity contribution in [3.05, 3.63) is 52.0 Å². The summed E-state index contributed by atoms with van der Waals surface area (Å²) >= 11 is 3.48. The fraction of sp³-hybridized carbons (Fsp3) is 0.278. The molecule has 1 aliphatic heterocycles. The Kier molecular flexibility index (Phi) is 8.70. The van der Waals surface area contributed by atoms with E-state index in [1.807, 2.05) is 31.2 Å². The molecular formula is C18H22BrCl2N3O2. The summed E-state index contributed by atoms with van der Waals surface area (Å²) in [7, 11) is 0. The van der Waals surface area contributed by atoms with Crippen molar-refractivity contribution in [1.29, 1.82) is 0 Å². The van der Waals surface area contributed by atoms with Crippen LogP contribution in [0.5, 0.6) is 0 Å². The van der Waals surface area contributed by atoms with Crippen molar-refractivity contribution in [3.63, 3.8) is 0 Å². The minimum absolute atomic E-state index is 0. The van der Waals surface area contributed by atoms with E-state index in [2.05, 4.69) is 26.1 Å². The van der Waals surface area contributed by atoms with Crippen LogP contribution in [-0.4, -0.2) is 32.2 Å². The van der Waals surface area contributed by atoms with Gasteiger partial charge in [0.25, 0.3) is 5.91 Å². The van der Waals surface area contributed by atoms with E-state index in [1.54, 1.807) is 12.1 Å². The lowest BCUT2D eigenvalue weighted by molar-refractivity contribution is 0.102. The lowest BCUT2D eigenvalue weighted by Gasteiger charge is -2.30. The average molecular weight is 463 g/mol. The number of nitrogen functional groups attached to an aromatic ring is 1. The van der Waals surface area contributed by atoms with Crippen molar-refractivity contribution in [2.75, 3.05) is 42.3 Å². The maximum absolute atomic E-state index is 12.7. The number of morpholine rings is 1. The summed E-state index contributed by atoms with van der Waals surface area (Å²) in [6, 6.07) is 11.3. The fourth-order valence-corrected chi connectivity index (χ4v) is 3.12. The van der Waals surface area contributed by atoms with Crippen molar-refractivity contribution in [3.8, 4) is 0 Å². The standard InChI is InChI=1S/C18H20BrN3O2.2ClH/c1-12-2-4-14(20)11-15(12)18(23)21-16-10-13(19)3-5-17(16)22-6-8-24-9-7-22;;/h2-5,10-11H,6-9,20H2,1H3,(H,21,23);2*1H. The third kappa shape index (κ3) is 5.27. The summed E-state index contributed by atoms with van der Waals surface area (Å²) in [5, 5.41) is 3.03. The van der Waals surface area contributed by atoms with E-state index in [9.17, 15) is 4.79 Å². The highest BCUT2D eigenvalue weighted by molar-refractivity contribution is 9.10. The number of carbonyl (C=O) groups excluding carboxylic acids is 1. The van der Waals surface area contributed by atoms with Crippen LogP contribution in [0.2, 0.25) is 0 Å². The predicted octanol–water partition coefficient (Wildman–Crippen LogP) is 4.27. The second kappa shape index (κ2) is 10.0. The SMILES string of the molecule is Cc1ccc(N)cc1C(=O)Nc1cc(Br)ccc1N1CCOCC1.Cl.Cl. The van der Waals surface area contributed by atoms with Crippen LogP contribution < -0.4 is 16.0 Å². The molecule has 5 nitrogen and oxygen atoms in total. The predicted molar refractivity (Wildman–Crippen MR) is 115 cm³/mol. The van der Waals surface area contributed by atoms with Gasteiger partial charge in [0.1, 0.15) is 0 Å². The number of nitrogens with zero attached hydrogens (tertiary/aromatic N) is 1. The highest BCUT2D eigenvalue weighted by atomic mass is 79.9. The molecule has 0 unspecified atom stereocenters. The number of rotatable bonds is 3. The molecule has 8 heteroatoms. The molecule has 1 heterocycles. The van der Waals surface area contributed by atoms with E-state index in [4.69, 9.17) is 10.5 Å². The molecule has 1 aliphatic rings. The van der Waals surface area contributed by atoms with Crippen molar-refractivity contribution >= 4 is 63.7 Å². The molecule has 0 aromatic heterocycles. The van der Waals surface area contributed by atoms with Crippen LogP contribution in [0.4, 0.5) is 17.1 Å². The Morgan fingerprint density at radius 1 is 1.15 bits per heavy atom. The number of ether oxygens (including phenoxy) is 1. The van der Waals surface area contributed by atoms with Crippen LogP contribution in [0.1, 0.15) is 15.9 Å². The van der Waals surface area contributed by atoms with E-state index >= 15 is 0 Å². The fourth-order valence-electron chi connectivity index (χ4n) is 2.76. The summed E-state index contributed by atoms with van der Waals surface area (Å²) in [4.78, 5) is 14.9. The minimum Gasteiger partial charge on any atom is -0.399 e. The second-order valence-corrected chi connectivity index (χ2v) is 6.71. The maximum Gasteiger partial charge on any atom is 0.256 e. The van der Waals surface area contributed by atoms with Gasteiger partial charge < -0.3 is 20.7 Å². The van der Waals surface area contributed by atoms with Gasteiger partial charge in [0.15, 0.2) is 0 Å². The van der Waals surface area contributed by atoms with Gasteiger partial charge in [-0.2, -0.15) is 0 Å². The van der Waals surface area contributed by atoms with E-state index in [1.165, 1.54) is 0 Å². The van der Waals surface area contributed by atoms with Crippen LogP contribution in [0.3, 0.4) is 0 Å². The van der Waals surface area contributed by atoms with E-state index in [0.29, 0.717) is 24.5 Å². The topological polar surface area (TPSA) is 67.6 Å². The normalized spacial score (nSPS) is 13.4. The number of nitrogens with one attached hydrogen (secondary N) is 1. The van der Waals surface area contributed by atoms with E-state index in [0.717, 1.165) is 34.5 Å².